The van der Waals surface area contributed by atoms with E-state index in [2.05, 4.69) is 30.9 Å². The molecule has 2 nitrogen and oxygen atoms in total. The molecule has 0 spiro atoms. The minimum atomic E-state index is -0.0243. The van der Waals surface area contributed by atoms with E-state index in [1.54, 1.807) is 0 Å². The molecule has 0 aliphatic heterocycles. The van der Waals surface area contributed by atoms with E-state index in [4.69, 9.17) is 5.11 Å². The molecule has 1 aromatic carbocycles. The van der Waals surface area contributed by atoms with E-state index in [1.807, 2.05) is 6.07 Å². The molecule has 0 saturated carbocycles. The highest BCUT2D eigenvalue weighted by atomic mass is 31.1. The van der Waals surface area contributed by atoms with Gasteiger partial charge in [-0.2, -0.15) is 0 Å². The molecule has 0 aliphatic carbocycles. The summed E-state index contributed by atoms with van der Waals surface area (Å²) in [7, 11) is 0.930. The molecule has 1 atom stereocenters. The van der Waals surface area contributed by atoms with E-state index in [0.717, 1.165) is 8.58 Å². The van der Waals surface area contributed by atoms with Gasteiger partial charge in [-0.05, 0) is 12.0 Å². The van der Waals surface area contributed by atoms with Crippen LogP contribution < -0.4 is 5.30 Å². The largest absolute Gasteiger partial charge is 0.396 e. The van der Waals surface area contributed by atoms with Gasteiger partial charge in [-0.15, -0.1) is 0 Å². The van der Waals surface area contributed by atoms with Crippen molar-refractivity contribution in [3.8, 4) is 0 Å². The molecular weight excluding hydrogens is 183 g/mol. The Morgan fingerprint density at radius 2 is 2.00 bits per heavy atom. The monoisotopic (exact) mass is 198 g/mol. The summed E-state index contributed by atoms with van der Waals surface area (Å²) in [5.74, 6) is 0. The fourth-order valence-electron chi connectivity index (χ4n) is 0.658. The summed E-state index contributed by atoms with van der Waals surface area (Å²) in [6, 6.07) is 10.5. The van der Waals surface area contributed by atoms with Crippen molar-refractivity contribution in [3.05, 3.63) is 30.3 Å². The molecule has 0 radical (unpaired) electrons. The van der Waals surface area contributed by atoms with Crippen LogP contribution in [0.3, 0.4) is 0 Å². The molecule has 13 heavy (non-hydrogen) atoms. The number of hydrogen-bond donors (Lipinski definition) is 1. The molecule has 1 N–H and O–H groups in total. The molecule has 0 amide bonds. The summed E-state index contributed by atoms with van der Waals surface area (Å²) in [6.45, 7) is 2.17. The normalized spacial score (nSPS) is 9.38. The first-order chi connectivity index (χ1) is 6.35. The zero-order valence-electron chi connectivity index (χ0n) is 7.73. The molecule has 0 bridgehead atoms. The van der Waals surface area contributed by atoms with E-state index in [-0.39, 0.29) is 13.0 Å². The number of carbonyl (C=O) groups excluding carboxylic acids is 1. The number of rotatable bonds is 3. The molecular formula is C10H15O2P. The fraction of sp³-hybridized carbons (Fsp3) is 0.300. The van der Waals surface area contributed by atoms with Gasteiger partial charge in [0, 0.05) is 13.0 Å². The first-order valence-electron chi connectivity index (χ1n) is 4.12. The third kappa shape index (κ3) is 7.63. The molecule has 1 rings (SSSR count). The lowest BCUT2D eigenvalue weighted by atomic mass is 10.4. The standard InChI is InChI=1S/C7H9P.C3H6O2/c1-8-7-5-3-2-4-6-7;4-2-1-3-5/h2-6,8H,1H3;2,5H,1,3H2. The van der Waals surface area contributed by atoms with Gasteiger partial charge in [-0.25, -0.2) is 0 Å². The molecule has 1 aromatic rings. The zero-order chi connectivity index (χ0) is 9.94. The molecule has 0 saturated heterocycles. The van der Waals surface area contributed by atoms with Crippen LogP contribution in [0.1, 0.15) is 6.42 Å². The third-order valence-electron chi connectivity index (χ3n) is 1.31. The summed E-state index contributed by atoms with van der Waals surface area (Å²) < 4.78 is 0. The van der Waals surface area contributed by atoms with Crippen molar-refractivity contribution in [2.75, 3.05) is 13.3 Å². The van der Waals surface area contributed by atoms with Crippen molar-refractivity contribution in [2.24, 2.45) is 0 Å². The van der Waals surface area contributed by atoms with Crippen LogP contribution in [0.25, 0.3) is 0 Å². The number of aldehydes is 1. The van der Waals surface area contributed by atoms with Crippen LogP contribution in [0.4, 0.5) is 0 Å². The van der Waals surface area contributed by atoms with Gasteiger partial charge in [-0.3, -0.25) is 0 Å². The van der Waals surface area contributed by atoms with Gasteiger partial charge in [0.1, 0.15) is 6.29 Å². The van der Waals surface area contributed by atoms with Crippen LogP contribution in [0, 0.1) is 0 Å². The lowest BCUT2D eigenvalue weighted by molar-refractivity contribution is -0.108. The second kappa shape index (κ2) is 9.37. The lowest BCUT2D eigenvalue weighted by Gasteiger charge is -1.89. The maximum atomic E-state index is 9.24. The average molecular weight is 198 g/mol. The SMILES string of the molecule is CPc1ccccc1.O=CCCO. The Morgan fingerprint density at radius 1 is 1.38 bits per heavy atom. The third-order valence-corrected chi connectivity index (χ3v) is 2.22. The second-order valence-corrected chi connectivity index (χ2v) is 3.37. The Hall–Kier alpha value is -0.720. The number of benzene rings is 1. The topological polar surface area (TPSA) is 37.3 Å². The maximum absolute atomic E-state index is 9.24. The molecule has 72 valence electrons. The first kappa shape index (κ1) is 12.3. The Kier molecular flexibility index (Phi) is 8.85. The summed E-state index contributed by atoms with van der Waals surface area (Å²) in [5, 5.41) is 9.27. The molecule has 0 aromatic heterocycles. The summed E-state index contributed by atoms with van der Waals surface area (Å²) in [4.78, 5) is 9.24. The van der Waals surface area contributed by atoms with Crippen LogP contribution in [0.15, 0.2) is 30.3 Å². The van der Waals surface area contributed by atoms with Crippen LogP contribution in [0.2, 0.25) is 0 Å². The van der Waals surface area contributed by atoms with Crippen molar-refractivity contribution >= 4 is 20.2 Å². The predicted molar refractivity (Wildman–Crippen MR) is 58.1 cm³/mol. The van der Waals surface area contributed by atoms with Gasteiger partial charge in [0.05, 0.1) is 0 Å². The number of aliphatic hydroxyl groups is 1. The summed E-state index contributed by atoms with van der Waals surface area (Å²) >= 11 is 0. The summed E-state index contributed by atoms with van der Waals surface area (Å²) in [5.41, 5.74) is 0. The van der Waals surface area contributed by atoms with Crippen LogP contribution in [-0.2, 0) is 4.79 Å². The lowest BCUT2D eigenvalue weighted by Crippen LogP contribution is -1.87. The van der Waals surface area contributed by atoms with Crippen molar-refractivity contribution in [2.45, 2.75) is 6.42 Å². The Morgan fingerprint density at radius 3 is 2.23 bits per heavy atom. The predicted octanol–water partition coefficient (Wildman–Crippen LogP) is 1.19. The van der Waals surface area contributed by atoms with Crippen molar-refractivity contribution in [3.63, 3.8) is 0 Å². The minimum Gasteiger partial charge on any atom is -0.396 e. The minimum absolute atomic E-state index is 0.0243. The van der Waals surface area contributed by atoms with Crippen molar-refractivity contribution in [1.29, 1.82) is 0 Å². The fourth-order valence-corrected chi connectivity index (χ4v) is 1.18. The highest BCUT2D eigenvalue weighted by molar-refractivity contribution is 7.46. The van der Waals surface area contributed by atoms with Gasteiger partial charge < -0.3 is 9.90 Å². The highest BCUT2D eigenvalue weighted by Gasteiger charge is 1.79. The average Bonchev–Trinajstić information content (AvgIpc) is 2.21. The second-order valence-electron chi connectivity index (χ2n) is 2.29. The van der Waals surface area contributed by atoms with Gasteiger partial charge >= 0.3 is 0 Å². The molecule has 0 fully saturated rings. The number of carbonyl (C=O) groups is 1. The van der Waals surface area contributed by atoms with Gasteiger partial charge in [0.15, 0.2) is 0 Å². The molecule has 1 unspecified atom stereocenters. The van der Waals surface area contributed by atoms with Crippen LogP contribution in [-0.4, -0.2) is 24.7 Å². The van der Waals surface area contributed by atoms with Crippen LogP contribution >= 0.6 is 8.58 Å². The quantitative estimate of drug-likeness (QED) is 0.585. The van der Waals surface area contributed by atoms with Gasteiger partial charge in [-0.1, -0.05) is 38.9 Å². The number of hydrogen-bond acceptors (Lipinski definition) is 2. The summed E-state index contributed by atoms with van der Waals surface area (Å²) in [6.07, 6.45) is 0.944. The van der Waals surface area contributed by atoms with Crippen molar-refractivity contribution in [1.82, 2.24) is 0 Å². The van der Waals surface area contributed by atoms with E-state index in [1.165, 1.54) is 5.30 Å². The highest BCUT2D eigenvalue weighted by Crippen LogP contribution is 2.00. The first-order valence-corrected chi connectivity index (χ1v) is 5.62. The van der Waals surface area contributed by atoms with E-state index in [0.29, 0.717) is 6.29 Å². The Labute approximate surface area is 80.8 Å². The van der Waals surface area contributed by atoms with E-state index in [9.17, 15) is 4.79 Å². The van der Waals surface area contributed by atoms with Crippen molar-refractivity contribution < 1.29 is 9.90 Å². The van der Waals surface area contributed by atoms with Gasteiger partial charge in [0.2, 0.25) is 0 Å². The Bertz CT molecular complexity index is 211. The molecule has 0 aliphatic rings. The van der Waals surface area contributed by atoms with Gasteiger partial charge in [0.25, 0.3) is 0 Å². The van der Waals surface area contributed by atoms with Crippen LogP contribution in [0.5, 0.6) is 0 Å². The number of aliphatic hydroxyl groups excluding tert-OH is 1. The molecule has 0 heterocycles. The zero-order valence-corrected chi connectivity index (χ0v) is 8.73. The van der Waals surface area contributed by atoms with E-state index < -0.39 is 0 Å². The maximum Gasteiger partial charge on any atom is 0.122 e. The Balaban J connectivity index is 0.000000252. The van der Waals surface area contributed by atoms with E-state index >= 15 is 0 Å². The molecule has 3 heteroatoms. The smallest absolute Gasteiger partial charge is 0.122 e.